The van der Waals surface area contributed by atoms with E-state index in [4.69, 9.17) is 5.73 Å². The second kappa shape index (κ2) is 2.77. The monoisotopic (exact) mass is 291 g/mol. The molecule has 0 unspecified atom stereocenters. The van der Waals surface area contributed by atoms with Crippen molar-refractivity contribution in [3.05, 3.63) is 21.1 Å². The van der Waals surface area contributed by atoms with Crippen LogP contribution in [0, 0.1) is 3.57 Å². The molecule has 1 aromatic carbocycles. The highest BCUT2D eigenvalue weighted by Gasteiger charge is 2.08. The maximum Gasteiger partial charge on any atom is 0.148 e. The van der Waals surface area contributed by atoms with Gasteiger partial charge in [-0.2, -0.15) is 0 Å². The molecule has 0 saturated heterocycles. The maximum atomic E-state index is 9.60. The number of hydrogen-bond acceptors (Lipinski definition) is 3. The summed E-state index contributed by atoms with van der Waals surface area (Å²) >= 11 is 3.80. The van der Waals surface area contributed by atoms with Gasteiger partial charge in [-0.25, -0.2) is 0 Å². The molecular weight excluding hydrogens is 285 g/mol. The average Bonchev–Trinajstić information content (AvgIpc) is 2.41. The Morgan fingerprint density at radius 1 is 1.42 bits per heavy atom. The van der Waals surface area contributed by atoms with Gasteiger partial charge in [-0.1, -0.05) is 0 Å². The summed E-state index contributed by atoms with van der Waals surface area (Å²) in [5.41, 5.74) is 6.01. The predicted molar refractivity (Wildman–Crippen MR) is 60.6 cm³/mol. The van der Waals surface area contributed by atoms with E-state index in [0.29, 0.717) is 5.69 Å². The maximum absolute atomic E-state index is 9.60. The molecule has 0 atom stereocenters. The Kier molecular flexibility index (Phi) is 1.88. The van der Waals surface area contributed by atoms with Gasteiger partial charge >= 0.3 is 0 Å². The second-order valence-electron chi connectivity index (χ2n) is 2.46. The van der Waals surface area contributed by atoms with Gasteiger partial charge < -0.3 is 10.8 Å². The van der Waals surface area contributed by atoms with Crippen molar-refractivity contribution >= 4 is 49.7 Å². The normalized spacial score (nSPS) is 10.8. The molecule has 12 heavy (non-hydrogen) atoms. The molecule has 1 aromatic heterocycles. The first kappa shape index (κ1) is 8.12. The summed E-state index contributed by atoms with van der Waals surface area (Å²) in [5, 5.41) is 12.5. The van der Waals surface area contributed by atoms with Crippen LogP contribution in [0.1, 0.15) is 0 Å². The fourth-order valence-electron chi connectivity index (χ4n) is 1.09. The minimum atomic E-state index is 0.207. The van der Waals surface area contributed by atoms with Crippen molar-refractivity contribution < 1.29 is 5.11 Å². The minimum absolute atomic E-state index is 0.207. The van der Waals surface area contributed by atoms with Gasteiger partial charge in [-0.15, -0.1) is 11.3 Å². The first-order valence-electron chi connectivity index (χ1n) is 3.34. The van der Waals surface area contributed by atoms with Crippen molar-refractivity contribution in [1.29, 1.82) is 0 Å². The second-order valence-corrected chi connectivity index (χ2v) is 4.53. The zero-order valence-corrected chi connectivity index (χ0v) is 9.02. The van der Waals surface area contributed by atoms with Gasteiger partial charge in [0.2, 0.25) is 0 Å². The van der Waals surface area contributed by atoms with E-state index in [1.54, 1.807) is 17.4 Å². The molecule has 0 spiro atoms. The Bertz CT molecular complexity index is 438. The van der Waals surface area contributed by atoms with Gasteiger partial charge in [0.1, 0.15) is 5.75 Å². The number of fused-ring (bicyclic) bond motifs is 1. The van der Waals surface area contributed by atoms with E-state index in [-0.39, 0.29) is 5.75 Å². The van der Waals surface area contributed by atoms with Gasteiger partial charge in [-0.3, -0.25) is 0 Å². The summed E-state index contributed by atoms with van der Waals surface area (Å²) < 4.78 is 2.13. The molecule has 0 aliphatic heterocycles. The van der Waals surface area contributed by atoms with Crippen LogP contribution in [0.4, 0.5) is 5.69 Å². The topological polar surface area (TPSA) is 46.2 Å². The Morgan fingerprint density at radius 3 is 2.92 bits per heavy atom. The number of aromatic hydroxyl groups is 1. The summed E-state index contributed by atoms with van der Waals surface area (Å²) in [6, 6.07) is 3.65. The van der Waals surface area contributed by atoms with Gasteiger partial charge in [-0.05, 0) is 34.7 Å². The van der Waals surface area contributed by atoms with Crippen LogP contribution in [0.3, 0.4) is 0 Å². The predicted octanol–water partition coefficient (Wildman–Crippen LogP) is 2.79. The first-order chi connectivity index (χ1) is 5.70. The zero-order valence-electron chi connectivity index (χ0n) is 6.04. The molecule has 0 aliphatic carbocycles. The first-order valence-corrected chi connectivity index (χ1v) is 5.30. The number of halogens is 1. The number of phenols is 1. The standard InChI is InChI=1S/C8H6INOS/c9-4-3-12-6-2-1-5(10)8(11)7(4)6/h1-3,11H,10H2. The lowest BCUT2D eigenvalue weighted by atomic mass is 10.2. The number of benzene rings is 1. The SMILES string of the molecule is Nc1ccc2scc(I)c2c1O. The Balaban J connectivity index is 2.96. The van der Waals surface area contributed by atoms with Crippen LogP contribution >= 0.6 is 33.9 Å². The highest BCUT2D eigenvalue weighted by molar-refractivity contribution is 14.1. The Morgan fingerprint density at radius 2 is 2.17 bits per heavy atom. The van der Waals surface area contributed by atoms with Crippen LogP contribution in [0.25, 0.3) is 10.1 Å². The molecule has 0 aliphatic rings. The molecule has 0 fully saturated rings. The van der Waals surface area contributed by atoms with Gasteiger partial charge in [0.15, 0.2) is 0 Å². The van der Waals surface area contributed by atoms with Crippen molar-refractivity contribution in [3.8, 4) is 5.75 Å². The van der Waals surface area contributed by atoms with E-state index in [1.807, 2.05) is 11.4 Å². The summed E-state index contributed by atoms with van der Waals surface area (Å²) in [6.45, 7) is 0. The van der Waals surface area contributed by atoms with Crippen LogP contribution in [-0.2, 0) is 0 Å². The van der Waals surface area contributed by atoms with E-state index < -0.39 is 0 Å². The summed E-state index contributed by atoms with van der Waals surface area (Å²) in [7, 11) is 0. The zero-order chi connectivity index (χ0) is 8.72. The van der Waals surface area contributed by atoms with Crippen molar-refractivity contribution in [2.24, 2.45) is 0 Å². The molecule has 2 rings (SSSR count). The van der Waals surface area contributed by atoms with E-state index in [2.05, 4.69) is 22.6 Å². The highest BCUT2D eigenvalue weighted by atomic mass is 127. The lowest BCUT2D eigenvalue weighted by molar-refractivity contribution is 0.484. The molecule has 1 heterocycles. The molecular formula is C8H6INOS. The summed E-state index contributed by atoms with van der Waals surface area (Å²) in [4.78, 5) is 0. The van der Waals surface area contributed by atoms with Crippen LogP contribution in [0.2, 0.25) is 0 Å². The van der Waals surface area contributed by atoms with Gasteiger partial charge in [0, 0.05) is 19.0 Å². The number of nitrogen functional groups attached to an aromatic ring is 1. The molecule has 62 valence electrons. The van der Waals surface area contributed by atoms with E-state index in [1.165, 1.54) is 0 Å². The van der Waals surface area contributed by atoms with Crippen molar-refractivity contribution in [2.75, 3.05) is 5.73 Å². The van der Waals surface area contributed by atoms with E-state index in [9.17, 15) is 5.11 Å². The number of anilines is 1. The molecule has 0 amide bonds. The smallest absolute Gasteiger partial charge is 0.148 e. The van der Waals surface area contributed by atoms with Crippen molar-refractivity contribution in [3.63, 3.8) is 0 Å². The molecule has 4 heteroatoms. The van der Waals surface area contributed by atoms with Crippen LogP contribution in [0.15, 0.2) is 17.5 Å². The van der Waals surface area contributed by atoms with Crippen molar-refractivity contribution in [1.82, 2.24) is 0 Å². The summed E-state index contributed by atoms with van der Waals surface area (Å²) in [6.07, 6.45) is 0. The van der Waals surface area contributed by atoms with Crippen molar-refractivity contribution in [2.45, 2.75) is 0 Å². The van der Waals surface area contributed by atoms with Crippen LogP contribution in [-0.4, -0.2) is 5.11 Å². The number of thiophene rings is 1. The highest BCUT2D eigenvalue weighted by Crippen LogP contribution is 2.37. The average molecular weight is 291 g/mol. The third-order valence-corrected chi connectivity index (χ3v) is 3.92. The van der Waals surface area contributed by atoms with Crippen LogP contribution < -0.4 is 5.73 Å². The quantitative estimate of drug-likeness (QED) is 0.445. The van der Waals surface area contributed by atoms with Crippen LogP contribution in [0.5, 0.6) is 5.75 Å². The fraction of sp³-hybridized carbons (Fsp3) is 0. The number of rotatable bonds is 0. The Hall–Kier alpha value is -0.490. The van der Waals surface area contributed by atoms with E-state index in [0.717, 1.165) is 13.7 Å². The molecule has 0 radical (unpaired) electrons. The third kappa shape index (κ3) is 1.06. The fourth-order valence-corrected chi connectivity index (χ4v) is 3.02. The third-order valence-electron chi connectivity index (χ3n) is 1.70. The Labute approximate surface area is 87.1 Å². The summed E-state index contributed by atoms with van der Waals surface area (Å²) in [5.74, 6) is 0.207. The number of hydrogen-bond donors (Lipinski definition) is 2. The number of phenolic OH excluding ortho intramolecular Hbond substituents is 1. The minimum Gasteiger partial charge on any atom is -0.505 e. The largest absolute Gasteiger partial charge is 0.505 e. The molecule has 0 bridgehead atoms. The number of nitrogens with two attached hydrogens (primary N) is 1. The molecule has 2 aromatic rings. The van der Waals surface area contributed by atoms with Gasteiger partial charge in [0.25, 0.3) is 0 Å². The van der Waals surface area contributed by atoms with Gasteiger partial charge in [0.05, 0.1) is 5.69 Å². The lowest BCUT2D eigenvalue weighted by Gasteiger charge is -1.99. The van der Waals surface area contributed by atoms with E-state index >= 15 is 0 Å². The molecule has 3 N–H and O–H groups in total. The lowest BCUT2D eigenvalue weighted by Crippen LogP contribution is -1.84. The molecule has 0 saturated carbocycles. The molecule has 2 nitrogen and oxygen atoms in total.